The quantitative estimate of drug-likeness (QED) is 0.795. The number of carbonyl (C=O) groups excluding carboxylic acids is 1. The van der Waals surface area contributed by atoms with Crippen LogP contribution in [0, 0.1) is 6.92 Å². The van der Waals surface area contributed by atoms with Crippen LogP contribution in [0.4, 0.5) is 0 Å². The average molecular weight is 250 g/mol. The first-order valence-corrected chi connectivity index (χ1v) is 6.45. The lowest BCUT2D eigenvalue weighted by atomic mass is 10.1. The largest absolute Gasteiger partial charge is 0.350 e. The van der Waals surface area contributed by atoms with Gasteiger partial charge >= 0.3 is 0 Å². The van der Waals surface area contributed by atoms with Gasteiger partial charge in [0.2, 0.25) is 0 Å². The zero-order valence-electron chi connectivity index (χ0n) is 11.4. The van der Waals surface area contributed by atoms with Gasteiger partial charge in [0.15, 0.2) is 0 Å². The van der Waals surface area contributed by atoms with E-state index in [2.05, 4.69) is 22.4 Å². The Kier molecular flexibility index (Phi) is 5.71. The van der Waals surface area contributed by atoms with E-state index in [9.17, 15) is 4.79 Å². The molecule has 1 atom stereocenters. The molecule has 1 aromatic heterocycles. The zero-order chi connectivity index (χ0) is 13.5. The third-order valence-electron chi connectivity index (χ3n) is 2.76. The number of nitrogens with zero attached hydrogens (tertiary/aromatic N) is 2. The van der Waals surface area contributed by atoms with Crippen molar-refractivity contribution < 1.29 is 4.79 Å². The maximum absolute atomic E-state index is 12.1. The average Bonchev–Trinajstić information content (AvgIpc) is 2.36. The summed E-state index contributed by atoms with van der Waals surface area (Å²) in [4.78, 5) is 12.1. The van der Waals surface area contributed by atoms with Crippen LogP contribution in [0.15, 0.2) is 6.07 Å². The molecule has 1 aromatic rings. The molecule has 0 saturated carbocycles. The van der Waals surface area contributed by atoms with Crippen LogP contribution in [0.5, 0.6) is 0 Å². The lowest BCUT2D eigenvalue weighted by Crippen LogP contribution is -2.37. The standard InChI is InChI=1S/C13H22N4O/c1-4-6-10(14)8-15-13(18)11-7-9(3)16-17-12(11)5-2/h7,10H,4-6,8,14H2,1-3H3,(H,15,18). The number of nitrogens with two attached hydrogens (primary N) is 1. The third kappa shape index (κ3) is 4.07. The van der Waals surface area contributed by atoms with Crippen molar-refractivity contribution in [1.29, 1.82) is 0 Å². The number of aryl methyl sites for hydroxylation is 2. The molecule has 0 spiro atoms. The number of rotatable bonds is 6. The molecule has 1 unspecified atom stereocenters. The highest BCUT2D eigenvalue weighted by atomic mass is 16.1. The summed E-state index contributed by atoms with van der Waals surface area (Å²) >= 11 is 0. The third-order valence-corrected chi connectivity index (χ3v) is 2.76. The van der Waals surface area contributed by atoms with Crippen molar-refractivity contribution in [3.63, 3.8) is 0 Å². The molecule has 5 nitrogen and oxygen atoms in total. The van der Waals surface area contributed by atoms with Crippen LogP contribution in [0.1, 0.15) is 48.4 Å². The highest BCUT2D eigenvalue weighted by molar-refractivity contribution is 5.95. The normalized spacial score (nSPS) is 12.2. The van der Waals surface area contributed by atoms with E-state index in [1.807, 2.05) is 13.8 Å². The summed E-state index contributed by atoms with van der Waals surface area (Å²) < 4.78 is 0. The van der Waals surface area contributed by atoms with Crippen LogP contribution in [-0.2, 0) is 6.42 Å². The maximum atomic E-state index is 12.1. The molecule has 5 heteroatoms. The molecular formula is C13H22N4O. The van der Waals surface area contributed by atoms with Crippen molar-refractivity contribution in [2.45, 2.75) is 46.1 Å². The summed E-state index contributed by atoms with van der Waals surface area (Å²) in [6.45, 7) is 6.36. The first kappa shape index (κ1) is 14.6. The van der Waals surface area contributed by atoms with E-state index in [0.717, 1.165) is 24.2 Å². The first-order valence-electron chi connectivity index (χ1n) is 6.45. The number of carbonyl (C=O) groups is 1. The molecule has 0 radical (unpaired) electrons. The molecule has 1 rings (SSSR count). The molecule has 0 bridgehead atoms. The van der Waals surface area contributed by atoms with Crippen molar-refractivity contribution in [2.24, 2.45) is 5.73 Å². The number of hydrogen-bond acceptors (Lipinski definition) is 4. The van der Waals surface area contributed by atoms with E-state index >= 15 is 0 Å². The molecule has 0 saturated heterocycles. The van der Waals surface area contributed by atoms with Gasteiger partial charge in [0.05, 0.1) is 17.0 Å². The second kappa shape index (κ2) is 7.06. The van der Waals surface area contributed by atoms with E-state index in [1.54, 1.807) is 6.07 Å². The molecule has 0 aliphatic heterocycles. The summed E-state index contributed by atoms with van der Waals surface area (Å²) in [5.74, 6) is -0.114. The Balaban J connectivity index is 2.68. The molecule has 0 aliphatic rings. The lowest BCUT2D eigenvalue weighted by molar-refractivity contribution is 0.0949. The van der Waals surface area contributed by atoms with Gasteiger partial charge in [-0.3, -0.25) is 4.79 Å². The molecule has 0 aromatic carbocycles. The minimum atomic E-state index is -0.114. The molecule has 100 valence electrons. The van der Waals surface area contributed by atoms with E-state index in [-0.39, 0.29) is 11.9 Å². The molecule has 0 fully saturated rings. The van der Waals surface area contributed by atoms with Gasteiger partial charge < -0.3 is 11.1 Å². The van der Waals surface area contributed by atoms with Gasteiger partial charge in [0, 0.05) is 12.6 Å². The van der Waals surface area contributed by atoms with Gasteiger partial charge in [-0.1, -0.05) is 20.3 Å². The Morgan fingerprint density at radius 2 is 2.17 bits per heavy atom. The summed E-state index contributed by atoms with van der Waals surface area (Å²) in [6.07, 6.45) is 2.62. The monoisotopic (exact) mass is 250 g/mol. The molecule has 18 heavy (non-hydrogen) atoms. The van der Waals surface area contributed by atoms with Gasteiger partial charge in [-0.15, -0.1) is 0 Å². The summed E-state index contributed by atoms with van der Waals surface area (Å²) in [6, 6.07) is 1.78. The SMILES string of the molecule is CCCC(N)CNC(=O)c1cc(C)nnc1CC. The topological polar surface area (TPSA) is 80.9 Å². The number of nitrogens with one attached hydrogen (secondary N) is 1. The summed E-state index contributed by atoms with van der Waals surface area (Å²) in [5, 5.41) is 10.9. The number of hydrogen-bond donors (Lipinski definition) is 2. The number of aromatic nitrogens is 2. The van der Waals surface area contributed by atoms with E-state index in [1.165, 1.54) is 0 Å². The van der Waals surface area contributed by atoms with Crippen LogP contribution < -0.4 is 11.1 Å². The van der Waals surface area contributed by atoms with E-state index < -0.39 is 0 Å². The Bertz CT molecular complexity index is 406. The fourth-order valence-electron chi connectivity index (χ4n) is 1.76. The first-order chi connectivity index (χ1) is 8.58. The maximum Gasteiger partial charge on any atom is 0.253 e. The Morgan fingerprint density at radius 3 is 2.78 bits per heavy atom. The van der Waals surface area contributed by atoms with Gasteiger partial charge in [-0.2, -0.15) is 10.2 Å². The Morgan fingerprint density at radius 1 is 1.44 bits per heavy atom. The van der Waals surface area contributed by atoms with Gasteiger partial charge in [-0.05, 0) is 25.8 Å². The Hall–Kier alpha value is -1.49. The van der Waals surface area contributed by atoms with Gasteiger partial charge in [0.1, 0.15) is 0 Å². The van der Waals surface area contributed by atoms with Crippen LogP contribution in [-0.4, -0.2) is 28.7 Å². The van der Waals surface area contributed by atoms with Gasteiger partial charge in [-0.25, -0.2) is 0 Å². The molecule has 1 amide bonds. The molecular weight excluding hydrogens is 228 g/mol. The van der Waals surface area contributed by atoms with Crippen molar-refractivity contribution in [3.8, 4) is 0 Å². The van der Waals surface area contributed by atoms with Crippen LogP contribution in [0.2, 0.25) is 0 Å². The second-order valence-electron chi connectivity index (χ2n) is 4.46. The summed E-state index contributed by atoms with van der Waals surface area (Å²) in [7, 11) is 0. The highest BCUT2D eigenvalue weighted by Gasteiger charge is 2.13. The van der Waals surface area contributed by atoms with Crippen molar-refractivity contribution in [2.75, 3.05) is 6.54 Å². The van der Waals surface area contributed by atoms with Crippen LogP contribution in [0.3, 0.4) is 0 Å². The molecule has 3 N–H and O–H groups in total. The minimum absolute atomic E-state index is 0.0138. The minimum Gasteiger partial charge on any atom is -0.350 e. The predicted molar refractivity (Wildman–Crippen MR) is 71.4 cm³/mol. The Labute approximate surface area is 108 Å². The van der Waals surface area contributed by atoms with E-state index in [4.69, 9.17) is 5.73 Å². The lowest BCUT2D eigenvalue weighted by Gasteiger charge is -2.12. The number of amides is 1. The molecule has 1 heterocycles. The zero-order valence-corrected chi connectivity index (χ0v) is 11.4. The fraction of sp³-hybridized carbons (Fsp3) is 0.615. The van der Waals surface area contributed by atoms with Crippen LogP contribution >= 0.6 is 0 Å². The van der Waals surface area contributed by atoms with Crippen molar-refractivity contribution in [1.82, 2.24) is 15.5 Å². The fourth-order valence-corrected chi connectivity index (χ4v) is 1.76. The predicted octanol–water partition coefficient (Wildman–Crippen LogP) is 1.20. The van der Waals surface area contributed by atoms with E-state index in [0.29, 0.717) is 18.5 Å². The summed E-state index contributed by atoms with van der Waals surface area (Å²) in [5.41, 5.74) is 7.94. The highest BCUT2D eigenvalue weighted by Crippen LogP contribution is 2.07. The molecule has 0 aliphatic carbocycles. The van der Waals surface area contributed by atoms with Gasteiger partial charge in [0.25, 0.3) is 5.91 Å². The van der Waals surface area contributed by atoms with Crippen molar-refractivity contribution >= 4 is 5.91 Å². The second-order valence-corrected chi connectivity index (χ2v) is 4.46. The van der Waals surface area contributed by atoms with Crippen molar-refractivity contribution in [3.05, 3.63) is 23.0 Å². The van der Waals surface area contributed by atoms with Crippen LogP contribution in [0.25, 0.3) is 0 Å². The smallest absolute Gasteiger partial charge is 0.253 e.